The van der Waals surface area contributed by atoms with Gasteiger partial charge in [-0.2, -0.15) is 15.2 Å². The number of nitrogens with zero attached hydrogens (tertiary/aromatic N) is 6. The average molecular weight is 448 g/mol. The Balaban J connectivity index is 1.97. The summed E-state index contributed by atoms with van der Waals surface area (Å²) in [6, 6.07) is 9.99. The Bertz CT molecular complexity index is 1410. The third kappa shape index (κ3) is 3.66. The molecule has 0 saturated carbocycles. The molecule has 3 heterocycles. The number of benzene rings is 1. The van der Waals surface area contributed by atoms with Crippen LogP contribution in [0.2, 0.25) is 5.02 Å². The zero-order valence-corrected chi connectivity index (χ0v) is 17.7. The van der Waals surface area contributed by atoms with Crippen LogP contribution in [0.4, 0.5) is 17.6 Å². The summed E-state index contributed by atoms with van der Waals surface area (Å²) in [4.78, 5) is 30.4. The molecule has 0 spiro atoms. The number of fused-ring (bicyclic) bond motifs is 1. The summed E-state index contributed by atoms with van der Waals surface area (Å²) in [6.07, 6.45) is 3.66. The maximum Gasteiger partial charge on any atom is 0.267 e. The molecule has 0 fully saturated rings. The summed E-state index contributed by atoms with van der Waals surface area (Å²) in [5.41, 5.74) is 12.2. The summed E-state index contributed by atoms with van der Waals surface area (Å²) < 4.78 is 1.45. The first kappa shape index (κ1) is 21.0. The van der Waals surface area contributed by atoms with Crippen LogP contribution in [0, 0.1) is 11.3 Å². The Morgan fingerprint density at radius 1 is 1.22 bits per heavy atom. The second-order valence-electron chi connectivity index (χ2n) is 6.86. The van der Waals surface area contributed by atoms with E-state index >= 15 is 0 Å². The Labute approximate surface area is 187 Å². The quantitative estimate of drug-likeness (QED) is 0.417. The van der Waals surface area contributed by atoms with E-state index in [1.165, 1.54) is 4.57 Å². The van der Waals surface area contributed by atoms with Gasteiger partial charge in [0.25, 0.3) is 5.56 Å². The smallest absolute Gasteiger partial charge is 0.267 e. The molecular formula is C21H18ClN9O. The molecule has 0 aliphatic rings. The van der Waals surface area contributed by atoms with Crippen LogP contribution >= 0.6 is 11.6 Å². The molecule has 1 atom stereocenters. The topological polar surface area (TPSA) is 161 Å². The number of nitrogens with one attached hydrogen (secondary N) is 1. The highest BCUT2D eigenvalue weighted by Gasteiger charge is 2.23. The predicted molar refractivity (Wildman–Crippen MR) is 122 cm³/mol. The largest absolute Gasteiger partial charge is 0.382 e. The van der Waals surface area contributed by atoms with Crippen molar-refractivity contribution in [3.8, 4) is 11.8 Å². The first-order valence-corrected chi connectivity index (χ1v) is 10.0. The molecule has 4 rings (SSSR count). The number of hydrogen-bond donors (Lipinski definition) is 3. The van der Waals surface area contributed by atoms with Crippen LogP contribution in [0.25, 0.3) is 16.6 Å². The van der Waals surface area contributed by atoms with E-state index in [0.29, 0.717) is 33.9 Å². The van der Waals surface area contributed by atoms with E-state index in [9.17, 15) is 10.1 Å². The van der Waals surface area contributed by atoms with Crippen LogP contribution in [-0.4, -0.2) is 24.5 Å². The minimum atomic E-state index is -0.535. The average Bonchev–Trinajstić information content (AvgIpc) is 2.77. The normalized spacial score (nSPS) is 11.8. The highest BCUT2D eigenvalue weighted by Crippen LogP contribution is 2.28. The van der Waals surface area contributed by atoms with E-state index in [0.717, 1.165) is 0 Å². The van der Waals surface area contributed by atoms with Crippen molar-refractivity contribution in [3.05, 3.63) is 69.5 Å². The van der Waals surface area contributed by atoms with Crippen molar-refractivity contribution in [2.24, 2.45) is 0 Å². The molecule has 160 valence electrons. The fourth-order valence-corrected chi connectivity index (χ4v) is 3.65. The van der Waals surface area contributed by atoms with Crippen molar-refractivity contribution in [1.29, 1.82) is 5.26 Å². The number of pyridine rings is 1. The van der Waals surface area contributed by atoms with Crippen molar-refractivity contribution < 1.29 is 0 Å². The van der Waals surface area contributed by atoms with Crippen LogP contribution in [0.3, 0.4) is 0 Å². The number of nitrogens with two attached hydrogens (primary N) is 2. The van der Waals surface area contributed by atoms with Gasteiger partial charge in [0.15, 0.2) is 5.82 Å². The number of hydrogen-bond acceptors (Lipinski definition) is 9. The zero-order valence-electron chi connectivity index (χ0n) is 17.0. The van der Waals surface area contributed by atoms with Crippen LogP contribution in [0.5, 0.6) is 0 Å². The molecule has 0 amide bonds. The van der Waals surface area contributed by atoms with Gasteiger partial charge in [-0.05, 0) is 30.7 Å². The summed E-state index contributed by atoms with van der Waals surface area (Å²) in [5, 5.41) is 13.3. The molecule has 5 N–H and O–H groups in total. The maximum absolute atomic E-state index is 13.5. The van der Waals surface area contributed by atoms with Gasteiger partial charge in [0.2, 0.25) is 5.95 Å². The van der Waals surface area contributed by atoms with Crippen molar-refractivity contribution in [2.75, 3.05) is 16.8 Å². The van der Waals surface area contributed by atoms with Crippen molar-refractivity contribution in [2.45, 2.75) is 19.4 Å². The van der Waals surface area contributed by atoms with Crippen LogP contribution in [0.1, 0.15) is 30.8 Å². The molecule has 3 aromatic heterocycles. The number of nitriles is 1. The molecule has 0 bridgehead atoms. The number of anilines is 3. The number of rotatable bonds is 5. The SMILES string of the molecule is CCC(Nc1nc(N)nc(N)c1C#N)c1nc2cccc(Cl)c2c(=O)n1-c1cccnc1. The van der Waals surface area contributed by atoms with Gasteiger partial charge in [-0.25, -0.2) is 4.98 Å². The van der Waals surface area contributed by atoms with Gasteiger partial charge >= 0.3 is 0 Å². The molecule has 0 aliphatic heterocycles. The van der Waals surface area contributed by atoms with Gasteiger partial charge in [-0.3, -0.25) is 14.3 Å². The van der Waals surface area contributed by atoms with E-state index in [1.54, 1.807) is 42.7 Å². The second-order valence-corrected chi connectivity index (χ2v) is 7.27. The minimum Gasteiger partial charge on any atom is -0.382 e. The third-order valence-corrected chi connectivity index (χ3v) is 5.19. The number of aromatic nitrogens is 5. The summed E-state index contributed by atoms with van der Waals surface area (Å²) in [6.45, 7) is 1.90. The van der Waals surface area contributed by atoms with Crippen LogP contribution in [-0.2, 0) is 0 Å². The lowest BCUT2D eigenvalue weighted by Gasteiger charge is -2.22. The monoisotopic (exact) mass is 447 g/mol. The van der Waals surface area contributed by atoms with Crippen molar-refractivity contribution in [3.63, 3.8) is 0 Å². The van der Waals surface area contributed by atoms with Crippen LogP contribution < -0.4 is 22.3 Å². The lowest BCUT2D eigenvalue weighted by molar-refractivity contribution is 0.657. The molecule has 32 heavy (non-hydrogen) atoms. The molecule has 0 radical (unpaired) electrons. The number of nitrogen functional groups attached to an aromatic ring is 2. The van der Waals surface area contributed by atoms with Gasteiger partial charge in [0.05, 0.1) is 33.9 Å². The van der Waals surface area contributed by atoms with E-state index in [-0.39, 0.29) is 28.7 Å². The van der Waals surface area contributed by atoms with Gasteiger partial charge in [0.1, 0.15) is 23.3 Å². The fourth-order valence-electron chi connectivity index (χ4n) is 3.40. The van der Waals surface area contributed by atoms with Gasteiger partial charge < -0.3 is 16.8 Å². The second kappa shape index (κ2) is 8.49. The molecule has 10 nitrogen and oxygen atoms in total. The predicted octanol–water partition coefficient (Wildman–Crippen LogP) is 2.82. The molecule has 0 aliphatic carbocycles. The number of halogens is 1. The maximum atomic E-state index is 13.5. The van der Waals surface area contributed by atoms with Gasteiger partial charge in [-0.15, -0.1) is 0 Å². The first-order chi connectivity index (χ1) is 15.4. The Morgan fingerprint density at radius 3 is 2.72 bits per heavy atom. The first-order valence-electron chi connectivity index (χ1n) is 9.65. The zero-order chi connectivity index (χ0) is 22.8. The van der Waals surface area contributed by atoms with Crippen molar-refractivity contribution in [1.82, 2.24) is 24.5 Å². The summed E-state index contributed by atoms with van der Waals surface area (Å²) in [7, 11) is 0. The molecule has 0 saturated heterocycles. The van der Waals surface area contributed by atoms with Gasteiger partial charge in [-0.1, -0.05) is 24.6 Å². The Hall–Kier alpha value is -4.23. The van der Waals surface area contributed by atoms with E-state index in [4.69, 9.17) is 28.1 Å². The highest BCUT2D eigenvalue weighted by atomic mass is 35.5. The van der Waals surface area contributed by atoms with Crippen LogP contribution in [0.15, 0.2) is 47.5 Å². The molecule has 11 heteroatoms. The molecule has 1 aromatic carbocycles. The van der Waals surface area contributed by atoms with Crippen molar-refractivity contribution >= 4 is 40.1 Å². The van der Waals surface area contributed by atoms with Gasteiger partial charge in [0, 0.05) is 6.20 Å². The lowest BCUT2D eigenvalue weighted by Crippen LogP contribution is -2.28. The fraction of sp³-hybridized carbons (Fsp3) is 0.143. The Morgan fingerprint density at radius 2 is 2.03 bits per heavy atom. The van der Waals surface area contributed by atoms with E-state index in [2.05, 4.69) is 20.3 Å². The van der Waals surface area contributed by atoms with E-state index < -0.39 is 6.04 Å². The summed E-state index contributed by atoms with van der Waals surface area (Å²) >= 11 is 6.33. The molecular weight excluding hydrogens is 430 g/mol. The lowest BCUT2D eigenvalue weighted by atomic mass is 10.1. The minimum absolute atomic E-state index is 0.0414. The standard InChI is InChI=1S/C21H18ClN9O/c1-2-14(27-18-12(9-23)17(24)29-21(25)30-18)19-28-15-7-3-6-13(22)16(15)20(32)31(19)11-5-4-8-26-10-11/h3-8,10,14H,2H2,1H3,(H5,24,25,27,29,30). The van der Waals surface area contributed by atoms with E-state index in [1.807, 2.05) is 13.0 Å². The molecule has 4 aromatic rings. The highest BCUT2D eigenvalue weighted by molar-refractivity contribution is 6.35. The summed E-state index contributed by atoms with van der Waals surface area (Å²) in [5.74, 6) is 0.421. The third-order valence-electron chi connectivity index (χ3n) is 4.87. The Kier molecular flexibility index (Phi) is 5.57. The molecule has 1 unspecified atom stereocenters.